The number of benzene rings is 5. The van der Waals surface area contributed by atoms with Gasteiger partial charge in [-0.15, -0.1) is 10.9 Å². The second-order valence-corrected chi connectivity index (χ2v) is 10.3. The van der Waals surface area contributed by atoms with Crippen molar-refractivity contribution >= 4 is 34.3 Å². The Bertz CT molecular complexity index is 1730. The molecule has 0 fully saturated rings. The fraction of sp³-hybridized carbons (Fsp3) is 0. The second kappa shape index (κ2) is 10.2. The summed E-state index contributed by atoms with van der Waals surface area (Å²) in [5.74, 6) is 0. The number of pyridine rings is 1. The second-order valence-electron chi connectivity index (χ2n) is 10.3. The third-order valence-corrected chi connectivity index (χ3v) is 8.07. The molecule has 0 radical (unpaired) electrons. The van der Waals surface area contributed by atoms with Crippen molar-refractivity contribution in [3.63, 3.8) is 0 Å². The van der Waals surface area contributed by atoms with E-state index in [9.17, 15) is 0 Å². The molecular weight excluding hydrogens is 483 g/mol. The van der Waals surface area contributed by atoms with Crippen molar-refractivity contribution in [2.75, 3.05) is 4.81 Å². The van der Waals surface area contributed by atoms with Crippen molar-refractivity contribution in [3.05, 3.63) is 193 Å². The Kier molecular flexibility index (Phi) is 6.10. The summed E-state index contributed by atoms with van der Waals surface area (Å²) in [7, 11) is 0. The molecule has 0 N–H and O–H groups in total. The van der Waals surface area contributed by atoms with Gasteiger partial charge in [-0.25, -0.2) is 0 Å². The van der Waals surface area contributed by atoms with Crippen molar-refractivity contribution in [2.24, 2.45) is 0 Å². The third-order valence-electron chi connectivity index (χ3n) is 8.07. The number of hydrogen-bond donors (Lipinski definition) is 0. The maximum atomic E-state index is 2.61. The fourth-order valence-electron chi connectivity index (χ4n) is 6.50. The van der Waals surface area contributed by atoms with Crippen LogP contribution in [0, 0.1) is 0 Å². The van der Waals surface area contributed by atoms with E-state index in [-0.39, 0.29) is 0 Å². The number of hydrogen-bond acceptors (Lipinski definition) is 1. The van der Waals surface area contributed by atoms with Gasteiger partial charge in [0, 0.05) is 17.5 Å². The lowest BCUT2D eigenvalue weighted by Crippen LogP contribution is -2.88. The number of nitrogens with zero attached hydrogens (tertiary/aromatic N) is 2. The molecule has 0 saturated heterocycles. The Labute approximate surface area is 236 Å². The molecule has 2 nitrogen and oxygen atoms in total. The van der Waals surface area contributed by atoms with Crippen LogP contribution >= 0.6 is 0 Å². The Morgan fingerprint density at radius 3 is 1.43 bits per heavy atom. The predicted octanol–water partition coefficient (Wildman–Crippen LogP) is 6.52. The lowest BCUT2D eigenvalue weighted by molar-refractivity contribution is -0.546. The molecule has 2 heterocycles. The summed E-state index contributed by atoms with van der Waals surface area (Å²) >= 11 is 0. The minimum absolute atomic E-state index is 1.14. The Balaban J connectivity index is 1.73. The third kappa shape index (κ3) is 3.78. The zero-order chi connectivity index (χ0) is 26.8. The van der Waals surface area contributed by atoms with Crippen LogP contribution in [0.5, 0.6) is 0 Å². The van der Waals surface area contributed by atoms with Crippen LogP contribution in [0.4, 0.5) is 5.69 Å². The van der Waals surface area contributed by atoms with Gasteiger partial charge in [0.15, 0.2) is 5.69 Å². The summed E-state index contributed by atoms with van der Waals surface area (Å²) in [5.41, 5.74) is 9.59. The lowest BCUT2D eigenvalue weighted by Gasteiger charge is -2.52. The molecule has 0 unspecified atom stereocenters. The first-order chi connectivity index (χ1) is 19.9. The Morgan fingerprint density at radius 2 is 0.875 bits per heavy atom. The van der Waals surface area contributed by atoms with E-state index in [1.807, 2.05) is 0 Å². The highest BCUT2D eigenvalue weighted by atomic mass is 15.2. The summed E-state index contributed by atoms with van der Waals surface area (Å²) in [4.78, 5) is 2.61. The van der Waals surface area contributed by atoms with E-state index in [0.29, 0.717) is 0 Å². The molecule has 0 bridgehead atoms. The summed E-state index contributed by atoms with van der Waals surface area (Å²) in [6.07, 6.45) is 0.543. The van der Waals surface area contributed by atoms with Gasteiger partial charge in [-0.2, -0.15) is 0 Å². The van der Waals surface area contributed by atoms with Gasteiger partial charge in [0.2, 0.25) is 0 Å². The maximum Gasteiger partial charge on any atom is 0.435 e. The van der Waals surface area contributed by atoms with E-state index < -0.39 is 6.42 Å². The van der Waals surface area contributed by atoms with Gasteiger partial charge in [0.1, 0.15) is 6.20 Å². The van der Waals surface area contributed by atoms with Crippen LogP contribution < -0.4 is 20.2 Å². The van der Waals surface area contributed by atoms with Crippen LogP contribution in [0.1, 0.15) is 16.8 Å². The first-order valence-corrected chi connectivity index (χ1v) is 13.9. The normalized spacial score (nSPS) is 14.1. The SMILES string of the molecule is c1ccc(C2=C(c3ccccc3)N(c3ccccc3)[B-](c3ccccc3)(c3ccccc3)[n+]3ccccc32)cc1. The first kappa shape index (κ1) is 23.9. The average molecular weight is 512 g/mol. The monoisotopic (exact) mass is 512 g/mol. The highest BCUT2D eigenvalue weighted by Crippen LogP contribution is 2.41. The molecule has 1 aliphatic heterocycles. The van der Waals surface area contributed by atoms with E-state index >= 15 is 0 Å². The zero-order valence-corrected chi connectivity index (χ0v) is 22.2. The van der Waals surface area contributed by atoms with Gasteiger partial charge in [-0.1, -0.05) is 146 Å². The maximum absolute atomic E-state index is 2.61. The number of rotatable bonds is 5. The summed E-state index contributed by atoms with van der Waals surface area (Å²) in [6.45, 7) is 0. The molecule has 0 aliphatic carbocycles. The van der Waals surface area contributed by atoms with E-state index in [1.165, 1.54) is 39.0 Å². The molecule has 0 saturated carbocycles. The molecule has 3 heteroatoms. The van der Waals surface area contributed by atoms with E-state index in [4.69, 9.17) is 0 Å². The topological polar surface area (TPSA) is 7.12 Å². The smallest absolute Gasteiger partial charge is 0.435 e. The van der Waals surface area contributed by atoms with Crippen molar-refractivity contribution < 1.29 is 4.48 Å². The minimum atomic E-state index is -1.72. The molecule has 0 amide bonds. The molecule has 5 aromatic carbocycles. The molecule has 1 aliphatic rings. The largest absolute Gasteiger partial charge is 0.446 e. The summed E-state index contributed by atoms with van der Waals surface area (Å²) < 4.78 is 2.52. The molecule has 6 aromatic rings. The fourth-order valence-corrected chi connectivity index (χ4v) is 6.50. The number of aromatic nitrogens is 1. The van der Waals surface area contributed by atoms with E-state index in [2.05, 4.69) is 185 Å². The summed E-state index contributed by atoms with van der Waals surface area (Å²) in [5, 5.41) is 0. The first-order valence-electron chi connectivity index (χ1n) is 13.9. The van der Waals surface area contributed by atoms with Gasteiger partial charge >= 0.3 is 6.42 Å². The van der Waals surface area contributed by atoms with E-state index in [0.717, 1.165) is 5.69 Å². The zero-order valence-electron chi connectivity index (χ0n) is 22.2. The lowest BCUT2D eigenvalue weighted by atomic mass is 9.34. The Hall–Kier alpha value is -5.15. The molecular formula is C37H29BN2. The van der Waals surface area contributed by atoms with Crippen molar-refractivity contribution in [2.45, 2.75) is 0 Å². The van der Waals surface area contributed by atoms with Gasteiger partial charge in [0.25, 0.3) is 0 Å². The van der Waals surface area contributed by atoms with Crippen LogP contribution in [0.15, 0.2) is 176 Å². The standard InChI is InChI=1S/C37H29BN2/c1-6-18-30(19-7-1)36-35-28-16-17-29-39(35)38(32-22-10-3-11-23-32,33-24-12-4-13-25-33)40(34-26-14-5-15-27-34)37(36)31-20-8-2-9-21-31/h1-29H. The predicted molar refractivity (Wildman–Crippen MR) is 168 cm³/mol. The molecule has 0 spiro atoms. The Morgan fingerprint density at radius 1 is 0.425 bits per heavy atom. The van der Waals surface area contributed by atoms with Crippen molar-refractivity contribution in [1.82, 2.24) is 0 Å². The van der Waals surface area contributed by atoms with Crippen molar-refractivity contribution in [3.8, 4) is 0 Å². The number of anilines is 1. The minimum Gasteiger partial charge on any atom is -0.446 e. The van der Waals surface area contributed by atoms with Crippen LogP contribution in [0.25, 0.3) is 11.3 Å². The number of fused-ring (bicyclic) bond motifs is 1. The molecule has 1 aromatic heterocycles. The molecule has 190 valence electrons. The van der Waals surface area contributed by atoms with E-state index in [1.54, 1.807) is 0 Å². The van der Waals surface area contributed by atoms with Crippen LogP contribution in [-0.2, 0) is 0 Å². The van der Waals surface area contributed by atoms with Crippen LogP contribution in [-0.4, -0.2) is 6.42 Å². The highest BCUT2D eigenvalue weighted by Gasteiger charge is 2.53. The van der Waals surface area contributed by atoms with Gasteiger partial charge in [0.05, 0.1) is 5.57 Å². The van der Waals surface area contributed by atoms with Crippen LogP contribution in [0.3, 0.4) is 0 Å². The summed E-state index contributed by atoms with van der Waals surface area (Å²) in [6, 6.07) is 61.1. The van der Waals surface area contributed by atoms with Gasteiger partial charge in [-0.05, 0) is 29.3 Å². The van der Waals surface area contributed by atoms with Gasteiger partial charge < -0.3 is 9.29 Å². The number of para-hydroxylation sites is 1. The average Bonchev–Trinajstić information content (AvgIpc) is 3.05. The molecule has 0 atom stereocenters. The highest BCUT2D eigenvalue weighted by molar-refractivity contribution is 7.00. The van der Waals surface area contributed by atoms with Crippen LogP contribution in [0.2, 0.25) is 0 Å². The van der Waals surface area contributed by atoms with Gasteiger partial charge in [-0.3, -0.25) is 0 Å². The molecule has 40 heavy (non-hydrogen) atoms. The van der Waals surface area contributed by atoms with Crippen molar-refractivity contribution in [1.29, 1.82) is 0 Å². The quantitative estimate of drug-likeness (QED) is 0.239. The molecule has 7 rings (SSSR count).